The minimum absolute atomic E-state index is 0.643. The molecule has 0 saturated heterocycles. The summed E-state index contributed by atoms with van der Waals surface area (Å²) in [6.07, 6.45) is 0. The highest BCUT2D eigenvalue weighted by Gasteiger charge is 1.94. The topological polar surface area (TPSA) is 64.1 Å². The van der Waals surface area contributed by atoms with Crippen LogP contribution < -0.4 is 16.2 Å². The van der Waals surface area contributed by atoms with Gasteiger partial charge < -0.3 is 16.2 Å². The fourth-order valence-corrected chi connectivity index (χ4v) is 0.864. The SMILES string of the molecule is Nc1ccc(N)c(NS)c1. The van der Waals surface area contributed by atoms with E-state index >= 15 is 0 Å². The molecular formula is C6H9N3S. The van der Waals surface area contributed by atoms with Crippen molar-refractivity contribution >= 4 is 29.9 Å². The zero-order valence-electron chi connectivity index (χ0n) is 5.33. The Balaban J connectivity index is 3.09. The second kappa shape index (κ2) is 2.70. The Bertz CT molecular complexity index is 236. The summed E-state index contributed by atoms with van der Waals surface area (Å²) in [5.74, 6) is 0. The quantitative estimate of drug-likeness (QED) is 0.363. The van der Waals surface area contributed by atoms with Crippen molar-refractivity contribution in [3.8, 4) is 0 Å². The van der Waals surface area contributed by atoms with Gasteiger partial charge in [-0.3, -0.25) is 0 Å². The molecule has 0 aromatic heterocycles. The number of thiol groups is 1. The molecule has 5 N–H and O–H groups in total. The van der Waals surface area contributed by atoms with Crippen molar-refractivity contribution < 1.29 is 0 Å². The lowest BCUT2D eigenvalue weighted by Gasteiger charge is -2.03. The summed E-state index contributed by atoms with van der Waals surface area (Å²) in [4.78, 5) is 0. The first kappa shape index (κ1) is 7.08. The molecule has 0 atom stereocenters. The van der Waals surface area contributed by atoms with Crippen LogP contribution in [0.25, 0.3) is 0 Å². The molecule has 0 bridgehead atoms. The molecule has 0 aliphatic carbocycles. The van der Waals surface area contributed by atoms with E-state index in [9.17, 15) is 0 Å². The van der Waals surface area contributed by atoms with E-state index in [1.165, 1.54) is 0 Å². The van der Waals surface area contributed by atoms with Crippen molar-refractivity contribution in [1.82, 2.24) is 0 Å². The molecule has 0 amide bonds. The molecule has 1 rings (SSSR count). The van der Waals surface area contributed by atoms with Gasteiger partial charge in [0.2, 0.25) is 0 Å². The molecule has 54 valence electrons. The van der Waals surface area contributed by atoms with Gasteiger partial charge in [0.25, 0.3) is 0 Å². The molecule has 0 spiro atoms. The van der Waals surface area contributed by atoms with Crippen LogP contribution in [0.2, 0.25) is 0 Å². The van der Waals surface area contributed by atoms with Crippen molar-refractivity contribution in [3.05, 3.63) is 18.2 Å². The first-order valence-corrected chi connectivity index (χ1v) is 3.24. The Morgan fingerprint density at radius 2 is 2.00 bits per heavy atom. The van der Waals surface area contributed by atoms with Crippen molar-refractivity contribution in [2.24, 2.45) is 0 Å². The second-order valence-electron chi connectivity index (χ2n) is 1.96. The number of nitrogens with one attached hydrogen (secondary N) is 1. The monoisotopic (exact) mass is 155 g/mol. The van der Waals surface area contributed by atoms with Gasteiger partial charge in [-0.2, -0.15) is 0 Å². The summed E-state index contributed by atoms with van der Waals surface area (Å²) >= 11 is 3.84. The average Bonchev–Trinajstić information content (AvgIpc) is 1.94. The number of anilines is 3. The predicted octanol–water partition coefficient (Wildman–Crippen LogP) is 1.11. The van der Waals surface area contributed by atoms with E-state index in [0.717, 1.165) is 5.69 Å². The third kappa shape index (κ3) is 1.27. The molecule has 3 nitrogen and oxygen atoms in total. The van der Waals surface area contributed by atoms with Crippen molar-refractivity contribution in [2.45, 2.75) is 0 Å². The molecule has 10 heavy (non-hydrogen) atoms. The highest BCUT2D eigenvalue weighted by atomic mass is 32.1. The third-order valence-electron chi connectivity index (χ3n) is 1.20. The van der Waals surface area contributed by atoms with Gasteiger partial charge in [-0.25, -0.2) is 0 Å². The largest absolute Gasteiger partial charge is 0.399 e. The summed E-state index contributed by atoms with van der Waals surface area (Å²) in [5.41, 5.74) is 13.1. The van der Waals surface area contributed by atoms with Crippen LogP contribution in [-0.4, -0.2) is 0 Å². The maximum absolute atomic E-state index is 5.53. The Morgan fingerprint density at radius 3 is 2.50 bits per heavy atom. The van der Waals surface area contributed by atoms with Crippen molar-refractivity contribution in [1.29, 1.82) is 0 Å². The van der Waals surface area contributed by atoms with Crippen LogP contribution in [0.5, 0.6) is 0 Å². The molecule has 0 aliphatic heterocycles. The van der Waals surface area contributed by atoms with Crippen LogP contribution in [0.3, 0.4) is 0 Å². The number of hydrogen-bond acceptors (Lipinski definition) is 4. The molecule has 0 unspecified atom stereocenters. The average molecular weight is 155 g/mol. The second-order valence-corrected chi connectivity index (χ2v) is 2.18. The van der Waals surface area contributed by atoms with Crippen molar-refractivity contribution in [2.75, 3.05) is 16.2 Å². The lowest BCUT2D eigenvalue weighted by Crippen LogP contribution is -1.93. The summed E-state index contributed by atoms with van der Waals surface area (Å²) in [6.45, 7) is 0. The van der Waals surface area contributed by atoms with Gasteiger partial charge in [0.05, 0.1) is 11.4 Å². The van der Waals surface area contributed by atoms with Crippen molar-refractivity contribution in [3.63, 3.8) is 0 Å². The highest BCUT2D eigenvalue weighted by molar-refractivity contribution is 7.81. The van der Waals surface area contributed by atoms with Gasteiger partial charge in [0.15, 0.2) is 0 Å². The fraction of sp³-hybridized carbons (Fsp3) is 0. The maximum Gasteiger partial charge on any atom is 0.0691 e. The number of hydrogen-bond donors (Lipinski definition) is 4. The molecule has 1 aromatic rings. The van der Waals surface area contributed by atoms with E-state index < -0.39 is 0 Å². The van der Waals surface area contributed by atoms with Gasteiger partial charge in [0, 0.05) is 5.69 Å². The van der Waals surface area contributed by atoms with Gasteiger partial charge in [-0.05, 0) is 18.2 Å². The minimum Gasteiger partial charge on any atom is -0.399 e. The van der Waals surface area contributed by atoms with Crippen LogP contribution in [0.1, 0.15) is 0 Å². The van der Waals surface area contributed by atoms with E-state index in [2.05, 4.69) is 17.5 Å². The Morgan fingerprint density at radius 1 is 1.30 bits per heavy atom. The summed E-state index contributed by atoms with van der Waals surface area (Å²) < 4.78 is 2.63. The van der Waals surface area contributed by atoms with Crippen LogP contribution in [-0.2, 0) is 0 Å². The molecule has 0 radical (unpaired) electrons. The maximum atomic E-state index is 5.53. The molecule has 1 aromatic carbocycles. The first-order chi connectivity index (χ1) is 4.74. The number of nitrogens with two attached hydrogens (primary N) is 2. The molecular weight excluding hydrogens is 146 g/mol. The fourth-order valence-electron chi connectivity index (χ4n) is 0.671. The van der Waals surface area contributed by atoms with E-state index in [-0.39, 0.29) is 0 Å². The van der Waals surface area contributed by atoms with E-state index in [1.807, 2.05) is 0 Å². The molecule has 4 heteroatoms. The summed E-state index contributed by atoms with van der Waals surface area (Å²) in [7, 11) is 0. The number of nitrogen functional groups attached to an aromatic ring is 2. The lowest BCUT2D eigenvalue weighted by atomic mass is 10.2. The normalized spacial score (nSPS) is 9.30. The molecule has 0 aliphatic rings. The number of benzene rings is 1. The minimum atomic E-state index is 0.643. The van der Waals surface area contributed by atoms with Gasteiger partial charge in [0.1, 0.15) is 0 Å². The Labute approximate surface area is 65.0 Å². The Hall–Kier alpha value is -1.03. The zero-order valence-corrected chi connectivity index (χ0v) is 6.23. The van der Waals surface area contributed by atoms with E-state index in [0.29, 0.717) is 11.4 Å². The van der Waals surface area contributed by atoms with Gasteiger partial charge >= 0.3 is 0 Å². The van der Waals surface area contributed by atoms with Gasteiger partial charge in [-0.15, -0.1) is 0 Å². The zero-order chi connectivity index (χ0) is 7.56. The Kier molecular flexibility index (Phi) is 1.91. The molecule has 0 saturated carbocycles. The predicted molar refractivity (Wildman–Crippen MR) is 47.9 cm³/mol. The first-order valence-electron chi connectivity index (χ1n) is 2.79. The highest BCUT2D eigenvalue weighted by Crippen LogP contribution is 2.21. The van der Waals surface area contributed by atoms with Crippen LogP contribution in [0.15, 0.2) is 18.2 Å². The molecule has 0 heterocycles. The van der Waals surface area contributed by atoms with Crippen LogP contribution >= 0.6 is 12.8 Å². The summed E-state index contributed by atoms with van der Waals surface area (Å²) in [6, 6.07) is 5.19. The van der Waals surface area contributed by atoms with E-state index in [4.69, 9.17) is 11.5 Å². The van der Waals surface area contributed by atoms with E-state index in [1.54, 1.807) is 18.2 Å². The standard InChI is InChI=1S/C6H9N3S/c7-4-1-2-5(8)6(3-4)9-10/h1-3,9-10H,7-8H2. The smallest absolute Gasteiger partial charge is 0.0691 e. The van der Waals surface area contributed by atoms with Crippen LogP contribution in [0.4, 0.5) is 17.1 Å². The van der Waals surface area contributed by atoms with Gasteiger partial charge in [-0.1, -0.05) is 12.8 Å². The third-order valence-corrected chi connectivity index (χ3v) is 1.44. The summed E-state index contributed by atoms with van der Waals surface area (Å²) in [5, 5.41) is 0. The molecule has 0 fully saturated rings. The number of rotatable bonds is 1. The van der Waals surface area contributed by atoms with Crippen LogP contribution in [0, 0.1) is 0 Å². The lowest BCUT2D eigenvalue weighted by molar-refractivity contribution is 1.65.